The number of rotatable bonds is 4. The van der Waals surface area contributed by atoms with Crippen molar-refractivity contribution in [1.82, 2.24) is 15.1 Å². The van der Waals surface area contributed by atoms with Crippen molar-refractivity contribution in [2.24, 2.45) is 0 Å². The third kappa shape index (κ3) is 3.35. The molecule has 0 fully saturated rings. The van der Waals surface area contributed by atoms with Crippen molar-refractivity contribution in [2.75, 3.05) is 5.32 Å². The largest absolute Gasteiger partial charge is 0.358 e. The third-order valence-electron chi connectivity index (χ3n) is 3.98. The molecule has 0 aliphatic rings. The van der Waals surface area contributed by atoms with Crippen LogP contribution in [0.5, 0.6) is 0 Å². The molecular formula is C18H20N4S. The van der Waals surface area contributed by atoms with E-state index in [0.717, 1.165) is 23.2 Å². The lowest BCUT2D eigenvalue weighted by molar-refractivity contribution is 0.638. The first-order valence-electron chi connectivity index (χ1n) is 7.73. The van der Waals surface area contributed by atoms with E-state index < -0.39 is 0 Å². The van der Waals surface area contributed by atoms with E-state index in [9.17, 15) is 0 Å². The van der Waals surface area contributed by atoms with Gasteiger partial charge in [0.25, 0.3) is 0 Å². The molecule has 2 aromatic carbocycles. The van der Waals surface area contributed by atoms with E-state index in [-0.39, 0.29) is 0 Å². The number of benzene rings is 2. The summed E-state index contributed by atoms with van der Waals surface area (Å²) >= 11 is 5.43. The van der Waals surface area contributed by atoms with Crippen molar-refractivity contribution in [1.29, 1.82) is 0 Å². The van der Waals surface area contributed by atoms with Crippen LogP contribution in [0.4, 0.5) is 5.69 Å². The van der Waals surface area contributed by atoms with E-state index in [4.69, 9.17) is 12.2 Å². The van der Waals surface area contributed by atoms with Gasteiger partial charge in [0.1, 0.15) is 0 Å². The molecule has 3 rings (SSSR count). The van der Waals surface area contributed by atoms with Gasteiger partial charge in [-0.1, -0.05) is 36.4 Å². The van der Waals surface area contributed by atoms with Gasteiger partial charge in [0.05, 0.1) is 6.20 Å². The van der Waals surface area contributed by atoms with Crippen LogP contribution in [0.15, 0.2) is 48.7 Å². The van der Waals surface area contributed by atoms with Crippen LogP contribution in [-0.4, -0.2) is 14.9 Å². The number of aromatic nitrogens is 2. The highest BCUT2D eigenvalue weighted by atomic mass is 32.1. The highest BCUT2D eigenvalue weighted by Crippen LogP contribution is 2.22. The van der Waals surface area contributed by atoms with E-state index in [1.807, 2.05) is 35.1 Å². The molecule has 4 nitrogen and oxygen atoms in total. The fourth-order valence-electron chi connectivity index (χ4n) is 2.65. The second-order valence-corrected chi connectivity index (χ2v) is 5.81. The first-order chi connectivity index (χ1) is 11.2. The number of hydrogen-bond donors (Lipinski definition) is 2. The van der Waals surface area contributed by atoms with Crippen molar-refractivity contribution in [3.05, 3.63) is 59.9 Å². The van der Waals surface area contributed by atoms with Crippen molar-refractivity contribution in [3.63, 3.8) is 0 Å². The molecule has 0 saturated heterocycles. The van der Waals surface area contributed by atoms with Gasteiger partial charge in [0.15, 0.2) is 5.11 Å². The summed E-state index contributed by atoms with van der Waals surface area (Å²) in [5.41, 5.74) is 3.35. The summed E-state index contributed by atoms with van der Waals surface area (Å²) in [5.74, 6) is 0. The van der Waals surface area contributed by atoms with Gasteiger partial charge in [-0.15, -0.1) is 0 Å². The molecular weight excluding hydrogens is 304 g/mol. The zero-order valence-electron chi connectivity index (χ0n) is 13.3. The standard InChI is InChI=1S/C18H20N4S/c1-3-22-13(2)15(12-20-22)11-19-18(23)21-17-10-6-8-14-7-4-5-9-16(14)17/h4-10,12H,3,11H2,1-2H3,(H2,19,21,23). The number of anilines is 1. The maximum Gasteiger partial charge on any atom is 0.171 e. The minimum atomic E-state index is 0.616. The zero-order chi connectivity index (χ0) is 16.2. The molecule has 118 valence electrons. The summed E-state index contributed by atoms with van der Waals surface area (Å²) in [5, 5.41) is 13.9. The molecule has 0 spiro atoms. The van der Waals surface area contributed by atoms with Crippen molar-refractivity contribution in [2.45, 2.75) is 26.9 Å². The average molecular weight is 324 g/mol. The Morgan fingerprint density at radius 1 is 1.17 bits per heavy atom. The monoisotopic (exact) mass is 324 g/mol. The van der Waals surface area contributed by atoms with Gasteiger partial charge in [-0.05, 0) is 37.5 Å². The predicted octanol–water partition coefficient (Wildman–Crippen LogP) is 3.85. The third-order valence-corrected chi connectivity index (χ3v) is 4.23. The van der Waals surface area contributed by atoms with Crippen LogP contribution in [0, 0.1) is 6.92 Å². The van der Waals surface area contributed by atoms with Crippen LogP contribution in [0.1, 0.15) is 18.2 Å². The summed E-state index contributed by atoms with van der Waals surface area (Å²) in [4.78, 5) is 0. The molecule has 0 bridgehead atoms. The summed E-state index contributed by atoms with van der Waals surface area (Å²) in [6, 6.07) is 14.4. The van der Waals surface area contributed by atoms with Gasteiger partial charge < -0.3 is 10.6 Å². The van der Waals surface area contributed by atoms with Gasteiger partial charge in [0.2, 0.25) is 0 Å². The lowest BCUT2D eigenvalue weighted by Crippen LogP contribution is -2.28. The first-order valence-corrected chi connectivity index (χ1v) is 8.13. The Bertz CT molecular complexity index is 833. The highest BCUT2D eigenvalue weighted by Gasteiger charge is 2.06. The molecule has 0 unspecified atom stereocenters. The van der Waals surface area contributed by atoms with Gasteiger partial charge in [0, 0.05) is 35.4 Å². The van der Waals surface area contributed by atoms with E-state index in [1.165, 1.54) is 11.1 Å². The molecule has 0 saturated carbocycles. The molecule has 0 atom stereocenters. The number of aryl methyl sites for hydroxylation is 1. The van der Waals surface area contributed by atoms with E-state index >= 15 is 0 Å². The topological polar surface area (TPSA) is 41.9 Å². The molecule has 2 N–H and O–H groups in total. The molecule has 1 heterocycles. The fourth-order valence-corrected chi connectivity index (χ4v) is 2.84. The quantitative estimate of drug-likeness (QED) is 0.715. The summed E-state index contributed by atoms with van der Waals surface area (Å²) in [6.45, 7) is 5.71. The molecule has 0 amide bonds. The van der Waals surface area contributed by atoms with Crippen LogP contribution in [0.3, 0.4) is 0 Å². The molecule has 3 aromatic rings. The maximum absolute atomic E-state index is 5.43. The lowest BCUT2D eigenvalue weighted by atomic mass is 10.1. The van der Waals surface area contributed by atoms with Gasteiger partial charge >= 0.3 is 0 Å². The van der Waals surface area contributed by atoms with Crippen molar-refractivity contribution < 1.29 is 0 Å². The molecule has 1 aromatic heterocycles. The van der Waals surface area contributed by atoms with Gasteiger partial charge in [-0.25, -0.2) is 0 Å². The Hall–Kier alpha value is -2.40. The molecule has 0 aliphatic heterocycles. The minimum Gasteiger partial charge on any atom is -0.358 e. The molecule has 5 heteroatoms. The van der Waals surface area contributed by atoms with Crippen molar-refractivity contribution >= 4 is 33.8 Å². The van der Waals surface area contributed by atoms with E-state index in [1.54, 1.807) is 0 Å². The summed E-state index contributed by atoms with van der Waals surface area (Å²) in [7, 11) is 0. The van der Waals surface area contributed by atoms with Gasteiger partial charge in [-0.2, -0.15) is 5.10 Å². The summed E-state index contributed by atoms with van der Waals surface area (Å²) in [6.07, 6.45) is 1.90. The van der Waals surface area contributed by atoms with Crippen LogP contribution < -0.4 is 10.6 Å². The number of nitrogens with one attached hydrogen (secondary N) is 2. The summed E-state index contributed by atoms with van der Waals surface area (Å²) < 4.78 is 1.98. The lowest BCUT2D eigenvalue weighted by Gasteiger charge is -2.12. The predicted molar refractivity (Wildman–Crippen MR) is 99.6 cm³/mol. The van der Waals surface area contributed by atoms with E-state index in [2.05, 4.69) is 47.8 Å². The van der Waals surface area contributed by atoms with Crippen molar-refractivity contribution in [3.8, 4) is 0 Å². The number of hydrogen-bond acceptors (Lipinski definition) is 2. The normalized spacial score (nSPS) is 10.7. The van der Waals surface area contributed by atoms with Crippen LogP contribution in [0.25, 0.3) is 10.8 Å². The average Bonchev–Trinajstić information content (AvgIpc) is 2.93. The van der Waals surface area contributed by atoms with Crippen LogP contribution in [0.2, 0.25) is 0 Å². The number of nitrogens with zero attached hydrogens (tertiary/aromatic N) is 2. The van der Waals surface area contributed by atoms with Gasteiger partial charge in [-0.3, -0.25) is 4.68 Å². The smallest absolute Gasteiger partial charge is 0.171 e. The Labute approximate surface area is 141 Å². The van der Waals surface area contributed by atoms with Crippen LogP contribution in [-0.2, 0) is 13.1 Å². The SMILES string of the molecule is CCn1ncc(CNC(=S)Nc2cccc3ccccc23)c1C. The number of thiocarbonyl (C=S) groups is 1. The Morgan fingerprint density at radius 2 is 1.96 bits per heavy atom. The van der Waals surface area contributed by atoms with Crippen LogP contribution >= 0.6 is 12.2 Å². The second kappa shape index (κ2) is 6.79. The Balaban J connectivity index is 1.68. The number of fused-ring (bicyclic) bond motifs is 1. The molecule has 23 heavy (non-hydrogen) atoms. The first kappa shape index (κ1) is 15.5. The highest BCUT2D eigenvalue weighted by molar-refractivity contribution is 7.80. The molecule has 0 radical (unpaired) electrons. The van der Waals surface area contributed by atoms with E-state index in [0.29, 0.717) is 11.7 Å². The second-order valence-electron chi connectivity index (χ2n) is 5.41. The minimum absolute atomic E-state index is 0.616. The Morgan fingerprint density at radius 3 is 2.74 bits per heavy atom. The molecule has 0 aliphatic carbocycles. The Kier molecular flexibility index (Phi) is 4.57. The fraction of sp³-hybridized carbons (Fsp3) is 0.222. The maximum atomic E-state index is 5.43. The zero-order valence-corrected chi connectivity index (χ0v) is 14.2.